The highest BCUT2D eigenvalue weighted by Gasteiger charge is 2.32. The van der Waals surface area contributed by atoms with Crippen LogP contribution in [0.4, 0.5) is 0 Å². The van der Waals surface area contributed by atoms with Crippen molar-refractivity contribution >= 4 is 35.2 Å². The van der Waals surface area contributed by atoms with Crippen molar-refractivity contribution in [3.63, 3.8) is 0 Å². The van der Waals surface area contributed by atoms with Crippen LogP contribution < -0.4 is 11.3 Å². The number of aromatic carboxylic acids is 2. The number of aromatic hydroxyl groups is 4. The smallest absolute Gasteiger partial charge is 0.339 e. The Morgan fingerprint density at radius 3 is 1.64 bits per heavy atom. The summed E-state index contributed by atoms with van der Waals surface area (Å²) in [7, 11) is 0. The monoisotopic (exact) mass is 648 g/mol. The van der Waals surface area contributed by atoms with E-state index in [9.17, 15) is 54.6 Å². The Hall–Kier alpha value is -6.45. The van der Waals surface area contributed by atoms with Crippen molar-refractivity contribution in [3.05, 3.63) is 112 Å². The Morgan fingerprint density at radius 2 is 1.21 bits per heavy atom. The average Bonchev–Trinajstić information content (AvgIpc) is 3.01. The maximum absolute atomic E-state index is 11.9. The summed E-state index contributed by atoms with van der Waals surface area (Å²) in [4.78, 5) is 57.1. The summed E-state index contributed by atoms with van der Waals surface area (Å²) >= 11 is 0. The molecule has 244 valence electrons. The normalized spacial score (nSPS) is 13.4. The molecular formula is C32H28N2O13. The number of phenolic OH excluding ortho intramolecular Hbond substituents is 2. The molecule has 1 unspecified atom stereocenters. The molecule has 4 rings (SSSR count). The van der Waals surface area contributed by atoms with Crippen molar-refractivity contribution < 1.29 is 64.8 Å². The molecule has 47 heavy (non-hydrogen) atoms. The number of ketones is 1. The fourth-order valence-corrected chi connectivity index (χ4v) is 4.35. The number of carbonyl (C=O) groups excluding carboxylic acids is 1. The number of phenols is 4. The van der Waals surface area contributed by atoms with Crippen molar-refractivity contribution in [2.45, 2.75) is 18.9 Å². The van der Waals surface area contributed by atoms with Gasteiger partial charge in [-0.3, -0.25) is 15.4 Å². The maximum atomic E-state index is 11.9. The topological polar surface area (TPSA) is 285 Å². The molecule has 0 saturated carbocycles. The Labute approximate surface area is 265 Å². The highest BCUT2D eigenvalue weighted by molar-refractivity contribution is 6.23. The fourth-order valence-electron chi connectivity index (χ4n) is 4.35. The molecule has 0 spiro atoms. The number of benzene rings is 3. The van der Waals surface area contributed by atoms with E-state index in [0.717, 1.165) is 36.4 Å². The minimum Gasteiger partial charge on any atom is -0.507 e. The predicted octanol–water partition coefficient (Wildman–Crippen LogP) is 2.39. The fraction of sp³-hybridized carbons (Fsp3) is 0.0938. The van der Waals surface area contributed by atoms with Gasteiger partial charge in [0.05, 0.1) is 0 Å². The van der Waals surface area contributed by atoms with E-state index >= 15 is 0 Å². The molecule has 15 heteroatoms. The average molecular weight is 649 g/mol. The van der Waals surface area contributed by atoms with Gasteiger partial charge in [-0.05, 0) is 83.3 Å². The van der Waals surface area contributed by atoms with E-state index in [4.69, 9.17) is 16.1 Å². The molecule has 1 aliphatic rings. The van der Waals surface area contributed by atoms with Crippen LogP contribution in [0.1, 0.15) is 44.3 Å². The second kappa shape index (κ2) is 14.1. The molecule has 0 fully saturated rings. The lowest BCUT2D eigenvalue weighted by atomic mass is 9.87. The van der Waals surface area contributed by atoms with E-state index in [-0.39, 0.29) is 40.2 Å². The van der Waals surface area contributed by atoms with E-state index in [1.165, 1.54) is 43.3 Å². The van der Waals surface area contributed by atoms with Gasteiger partial charge >= 0.3 is 23.9 Å². The number of rotatable bonds is 9. The SMILES string of the molecule is CC(Cc1ccc(O)c(O)c1)(NN)C(=O)O.O=C(O)C1=CC(=C(c2ccc(O)c(C(=O)O)c2)c2ccc(O)c(C(=O)O)c2)C=CC1=O. The van der Waals surface area contributed by atoms with Crippen LogP contribution in [0, 0.1) is 0 Å². The Bertz CT molecular complexity index is 1830. The van der Waals surface area contributed by atoms with Crippen molar-refractivity contribution in [3.8, 4) is 23.0 Å². The largest absolute Gasteiger partial charge is 0.507 e. The van der Waals surface area contributed by atoms with Gasteiger partial charge in [-0.2, -0.15) is 0 Å². The first-order valence-corrected chi connectivity index (χ1v) is 13.3. The molecule has 15 nitrogen and oxygen atoms in total. The number of hydrogen-bond acceptors (Lipinski definition) is 11. The quantitative estimate of drug-likeness (QED) is 0.0690. The zero-order valence-electron chi connectivity index (χ0n) is 24.3. The Balaban J connectivity index is 0.000000316. The summed E-state index contributed by atoms with van der Waals surface area (Å²) in [6.07, 6.45) is 3.51. The predicted molar refractivity (Wildman–Crippen MR) is 163 cm³/mol. The number of nitrogens with two attached hydrogens (primary N) is 1. The summed E-state index contributed by atoms with van der Waals surface area (Å²) in [6, 6.07) is 11.3. The summed E-state index contributed by atoms with van der Waals surface area (Å²) in [6.45, 7) is 1.43. The highest BCUT2D eigenvalue weighted by atomic mass is 16.4. The minimum atomic E-state index is -1.47. The first-order valence-electron chi connectivity index (χ1n) is 13.3. The number of carbonyl (C=O) groups is 5. The van der Waals surface area contributed by atoms with Gasteiger partial charge in [-0.15, -0.1) is 0 Å². The van der Waals surface area contributed by atoms with Gasteiger partial charge in [-0.1, -0.05) is 24.3 Å². The zero-order chi connectivity index (χ0) is 35.2. The van der Waals surface area contributed by atoms with E-state index < -0.39 is 63.4 Å². The molecule has 11 N–H and O–H groups in total. The van der Waals surface area contributed by atoms with Gasteiger partial charge in [0, 0.05) is 6.42 Å². The van der Waals surface area contributed by atoms with Crippen LogP contribution in [0.15, 0.2) is 84.0 Å². The van der Waals surface area contributed by atoms with Crippen LogP contribution >= 0.6 is 0 Å². The van der Waals surface area contributed by atoms with Crippen LogP contribution in [0.2, 0.25) is 0 Å². The molecule has 0 aliphatic heterocycles. The van der Waals surface area contributed by atoms with Crippen LogP contribution in [0.3, 0.4) is 0 Å². The van der Waals surface area contributed by atoms with E-state index in [1.54, 1.807) is 0 Å². The van der Waals surface area contributed by atoms with Gasteiger partial charge in [0.25, 0.3) is 0 Å². The van der Waals surface area contributed by atoms with Gasteiger partial charge in [0.1, 0.15) is 33.7 Å². The van der Waals surface area contributed by atoms with E-state index in [0.29, 0.717) is 5.56 Å². The van der Waals surface area contributed by atoms with Gasteiger partial charge in [0.15, 0.2) is 17.3 Å². The third-order valence-corrected chi connectivity index (χ3v) is 6.92. The van der Waals surface area contributed by atoms with Crippen molar-refractivity contribution in [2.24, 2.45) is 5.84 Å². The highest BCUT2D eigenvalue weighted by Crippen LogP contribution is 2.35. The number of carboxylic acid groups (broad SMARTS) is 4. The summed E-state index contributed by atoms with van der Waals surface area (Å²) < 4.78 is 0. The maximum Gasteiger partial charge on any atom is 0.339 e. The van der Waals surface area contributed by atoms with Crippen LogP contribution in [0.5, 0.6) is 23.0 Å². The minimum absolute atomic E-state index is 0.0900. The van der Waals surface area contributed by atoms with Gasteiger partial charge < -0.3 is 40.9 Å². The molecule has 0 bridgehead atoms. The molecule has 3 aromatic rings. The number of hydrazine groups is 1. The molecule has 0 amide bonds. The van der Waals surface area contributed by atoms with Crippen molar-refractivity contribution in [2.75, 3.05) is 0 Å². The summed E-state index contributed by atoms with van der Waals surface area (Å²) in [5, 5.41) is 74.9. The molecule has 0 heterocycles. The third kappa shape index (κ3) is 7.99. The second-order valence-corrected chi connectivity index (χ2v) is 10.2. The number of nitrogens with one attached hydrogen (secondary N) is 1. The summed E-state index contributed by atoms with van der Waals surface area (Å²) in [5.74, 6) is -2.52. The number of aliphatic carboxylic acids is 2. The molecule has 3 aromatic carbocycles. The van der Waals surface area contributed by atoms with E-state index in [1.807, 2.05) is 0 Å². The Morgan fingerprint density at radius 1 is 0.702 bits per heavy atom. The van der Waals surface area contributed by atoms with Crippen LogP contribution in [-0.4, -0.2) is 76.1 Å². The number of carboxylic acids is 4. The lowest BCUT2D eigenvalue weighted by Crippen LogP contribution is -2.54. The summed E-state index contributed by atoms with van der Waals surface area (Å²) in [5.41, 5.74) is 0.811. The number of hydrogen-bond donors (Lipinski definition) is 10. The zero-order valence-corrected chi connectivity index (χ0v) is 24.3. The Kier molecular flexibility index (Phi) is 10.5. The first kappa shape index (κ1) is 35.0. The molecule has 1 aliphatic carbocycles. The lowest BCUT2D eigenvalue weighted by molar-refractivity contribution is -0.144. The third-order valence-electron chi connectivity index (χ3n) is 6.92. The van der Waals surface area contributed by atoms with Gasteiger partial charge in [0.2, 0.25) is 0 Å². The molecule has 0 radical (unpaired) electrons. The molecular weight excluding hydrogens is 620 g/mol. The molecule has 0 saturated heterocycles. The van der Waals surface area contributed by atoms with Gasteiger partial charge in [-0.25, -0.2) is 19.8 Å². The first-order chi connectivity index (χ1) is 22.0. The molecule has 0 aromatic heterocycles. The van der Waals surface area contributed by atoms with Crippen LogP contribution in [-0.2, 0) is 20.8 Å². The standard InChI is InChI=1S/C22H14O9.C10H14N2O4/c23-16-4-1-10(7-13(16)20(26)27)19(11-2-5-17(24)14(8-11)21(28)29)12-3-6-18(25)15(9-12)22(30)31;1-10(12-11,9(15)16)5-6-2-3-7(13)8(14)4-6/h1-9,23-24H,(H,26,27)(H,28,29)(H,30,31);2-4,12-14H,5,11H2,1H3,(H,15,16). The second-order valence-electron chi connectivity index (χ2n) is 10.2. The van der Waals surface area contributed by atoms with Crippen LogP contribution in [0.25, 0.3) is 5.57 Å². The molecule has 1 atom stereocenters. The van der Waals surface area contributed by atoms with E-state index in [2.05, 4.69) is 5.43 Å². The lowest BCUT2D eigenvalue weighted by Gasteiger charge is -2.23. The van der Waals surface area contributed by atoms with Crippen molar-refractivity contribution in [1.82, 2.24) is 5.43 Å². The number of allylic oxidation sites excluding steroid dienone is 4. The van der Waals surface area contributed by atoms with Crippen molar-refractivity contribution in [1.29, 1.82) is 0 Å².